The zero-order valence-electron chi connectivity index (χ0n) is 10.4. The maximum absolute atomic E-state index is 12.0. The van der Waals surface area contributed by atoms with E-state index in [2.05, 4.69) is 18.7 Å². The molecule has 0 aromatic carbocycles. The van der Waals surface area contributed by atoms with Crippen molar-refractivity contribution in [3.63, 3.8) is 0 Å². The monoisotopic (exact) mass is 225 g/mol. The maximum Gasteiger partial charge on any atom is 0.152 e. The molecule has 92 valence electrons. The van der Waals surface area contributed by atoms with E-state index in [4.69, 9.17) is 4.74 Å². The fraction of sp³-hybridized carbons (Fsp3) is 0.923. The molecule has 0 amide bonds. The highest BCUT2D eigenvalue weighted by atomic mass is 16.5. The van der Waals surface area contributed by atoms with Crippen LogP contribution in [0.25, 0.3) is 0 Å². The highest BCUT2D eigenvalue weighted by Gasteiger charge is 2.28. The van der Waals surface area contributed by atoms with Crippen molar-refractivity contribution in [3.05, 3.63) is 0 Å². The summed E-state index contributed by atoms with van der Waals surface area (Å²) < 4.78 is 5.27. The van der Waals surface area contributed by atoms with Crippen molar-refractivity contribution in [2.45, 2.75) is 26.7 Å². The molecule has 3 atom stereocenters. The van der Waals surface area contributed by atoms with Crippen LogP contribution >= 0.6 is 0 Å². The SMILES string of the molecule is CC1CC(C)CN(CC(=O)C2CCOC2)C1. The number of ether oxygens (including phenoxy) is 1. The van der Waals surface area contributed by atoms with Gasteiger partial charge in [-0.3, -0.25) is 9.69 Å². The van der Waals surface area contributed by atoms with Crippen LogP contribution in [0.1, 0.15) is 26.7 Å². The molecule has 2 rings (SSSR count). The Morgan fingerprint density at radius 3 is 2.56 bits per heavy atom. The molecule has 0 saturated carbocycles. The largest absolute Gasteiger partial charge is 0.381 e. The fourth-order valence-electron chi connectivity index (χ4n) is 3.06. The van der Waals surface area contributed by atoms with E-state index in [1.165, 1.54) is 6.42 Å². The molecule has 3 heteroatoms. The second-order valence-electron chi connectivity index (χ2n) is 5.67. The summed E-state index contributed by atoms with van der Waals surface area (Å²) >= 11 is 0. The minimum Gasteiger partial charge on any atom is -0.381 e. The van der Waals surface area contributed by atoms with E-state index in [1.54, 1.807) is 0 Å². The van der Waals surface area contributed by atoms with Crippen molar-refractivity contribution in [2.75, 3.05) is 32.8 Å². The molecule has 0 aromatic rings. The van der Waals surface area contributed by atoms with Crippen LogP contribution in [-0.2, 0) is 9.53 Å². The number of piperidine rings is 1. The Bertz CT molecular complexity index is 238. The Morgan fingerprint density at radius 1 is 1.31 bits per heavy atom. The molecule has 2 saturated heterocycles. The van der Waals surface area contributed by atoms with Gasteiger partial charge in [-0.15, -0.1) is 0 Å². The Kier molecular flexibility index (Phi) is 3.98. The lowest BCUT2D eigenvalue weighted by atomic mass is 9.91. The molecule has 2 aliphatic heterocycles. The van der Waals surface area contributed by atoms with Gasteiger partial charge in [0, 0.05) is 25.6 Å². The summed E-state index contributed by atoms with van der Waals surface area (Å²) in [5, 5.41) is 0. The molecule has 2 heterocycles. The van der Waals surface area contributed by atoms with Gasteiger partial charge in [0.05, 0.1) is 13.2 Å². The molecule has 3 nitrogen and oxygen atoms in total. The van der Waals surface area contributed by atoms with Crippen LogP contribution in [0.15, 0.2) is 0 Å². The number of likely N-dealkylation sites (tertiary alicyclic amines) is 1. The van der Waals surface area contributed by atoms with Gasteiger partial charge < -0.3 is 4.74 Å². The van der Waals surface area contributed by atoms with E-state index in [0.29, 0.717) is 18.9 Å². The average molecular weight is 225 g/mol. The molecule has 0 aliphatic carbocycles. The van der Waals surface area contributed by atoms with Gasteiger partial charge >= 0.3 is 0 Å². The van der Waals surface area contributed by atoms with Gasteiger partial charge in [-0.25, -0.2) is 0 Å². The number of ketones is 1. The lowest BCUT2D eigenvalue weighted by molar-refractivity contribution is -0.124. The molecule has 3 unspecified atom stereocenters. The predicted molar refractivity (Wildman–Crippen MR) is 63.3 cm³/mol. The molecule has 0 N–H and O–H groups in total. The summed E-state index contributed by atoms with van der Waals surface area (Å²) in [5.41, 5.74) is 0. The molecule has 2 aliphatic rings. The standard InChI is InChI=1S/C13H23NO2/c1-10-5-11(2)7-14(6-10)8-13(15)12-3-4-16-9-12/h10-12H,3-9H2,1-2H3. The highest BCUT2D eigenvalue weighted by Crippen LogP contribution is 2.22. The fourth-order valence-corrected chi connectivity index (χ4v) is 3.06. The van der Waals surface area contributed by atoms with Gasteiger partial charge in [0.2, 0.25) is 0 Å². The molecule has 0 radical (unpaired) electrons. The summed E-state index contributed by atoms with van der Waals surface area (Å²) in [7, 11) is 0. The summed E-state index contributed by atoms with van der Waals surface area (Å²) in [6.45, 7) is 8.80. The Balaban J connectivity index is 1.81. The van der Waals surface area contributed by atoms with Crippen LogP contribution in [0.5, 0.6) is 0 Å². The number of nitrogens with zero attached hydrogens (tertiary/aromatic N) is 1. The van der Waals surface area contributed by atoms with Gasteiger partial charge in [-0.05, 0) is 24.7 Å². The molecular weight excluding hydrogens is 202 g/mol. The third-order valence-corrected chi connectivity index (χ3v) is 3.71. The zero-order valence-corrected chi connectivity index (χ0v) is 10.4. The molecule has 0 spiro atoms. The Labute approximate surface area is 98.1 Å². The normalized spacial score (nSPS) is 36.5. The van der Waals surface area contributed by atoms with Crippen LogP contribution in [0, 0.1) is 17.8 Å². The van der Waals surface area contributed by atoms with E-state index in [0.717, 1.165) is 38.0 Å². The number of Topliss-reactive ketones (excluding diaryl/α,β-unsaturated/α-hetero) is 1. The lowest BCUT2D eigenvalue weighted by Crippen LogP contribution is -2.42. The molecule has 0 aromatic heterocycles. The first-order valence-electron chi connectivity index (χ1n) is 6.48. The predicted octanol–water partition coefficient (Wildman–Crippen LogP) is 1.57. The maximum atomic E-state index is 12.0. The summed E-state index contributed by atoms with van der Waals surface area (Å²) in [6, 6.07) is 0. The quantitative estimate of drug-likeness (QED) is 0.730. The Hall–Kier alpha value is -0.410. The molecule has 16 heavy (non-hydrogen) atoms. The summed E-state index contributed by atoms with van der Waals surface area (Å²) in [4.78, 5) is 14.3. The van der Waals surface area contributed by atoms with Crippen molar-refractivity contribution in [2.24, 2.45) is 17.8 Å². The summed E-state index contributed by atoms with van der Waals surface area (Å²) in [5.74, 6) is 2.03. The van der Waals surface area contributed by atoms with E-state index < -0.39 is 0 Å². The van der Waals surface area contributed by atoms with Crippen molar-refractivity contribution in [1.29, 1.82) is 0 Å². The molecular formula is C13H23NO2. The minimum absolute atomic E-state index is 0.174. The number of hydrogen-bond acceptors (Lipinski definition) is 3. The first-order chi connectivity index (χ1) is 7.65. The summed E-state index contributed by atoms with van der Waals surface area (Å²) in [6.07, 6.45) is 2.23. The van der Waals surface area contributed by atoms with Gasteiger partial charge in [0.25, 0.3) is 0 Å². The van der Waals surface area contributed by atoms with Gasteiger partial charge in [0.1, 0.15) is 0 Å². The minimum atomic E-state index is 0.174. The topological polar surface area (TPSA) is 29.5 Å². The number of rotatable bonds is 3. The van der Waals surface area contributed by atoms with Gasteiger partial charge in [-0.1, -0.05) is 13.8 Å². The first-order valence-corrected chi connectivity index (χ1v) is 6.48. The smallest absolute Gasteiger partial charge is 0.152 e. The number of carbonyl (C=O) groups excluding carboxylic acids is 1. The van der Waals surface area contributed by atoms with E-state index in [-0.39, 0.29) is 5.92 Å². The Morgan fingerprint density at radius 2 is 2.00 bits per heavy atom. The second-order valence-corrected chi connectivity index (χ2v) is 5.67. The third-order valence-electron chi connectivity index (χ3n) is 3.71. The van der Waals surface area contributed by atoms with Crippen molar-refractivity contribution in [3.8, 4) is 0 Å². The van der Waals surface area contributed by atoms with Crippen molar-refractivity contribution >= 4 is 5.78 Å². The first kappa shape index (κ1) is 12.1. The van der Waals surface area contributed by atoms with Crippen LogP contribution in [0.3, 0.4) is 0 Å². The zero-order chi connectivity index (χ0) is 11.5. The van der Waals surface area contributed by atoms with E-state index in [1.807, 2.05) is 0 Å². The van der Waals surface area contributed by atoms with Crippen molar-refractivity contribution in [1.82, 2.24) is 4.90 Å². The molecule has 0 bridgehead atoms. The van der Waals surface area contributed by atoms with E-state index >= 15 is 0 Å². The van der Waals surface area contributed by atoms with Crippen molar-refractivity contribution < 1.29 is 9.53 Å². The van der Waals surface area contributed by atoms with Crippen LogP contribution < -0.4 is 0 Å². The van der Waals surface area contributed by atoms with Crippen LogP contribution in [0.2, 0.25) is 0 Å². The highest BCUT2D eigenvalue weighted by molar-refractivity contribution is 5.83. The molecule has 2 fully saturated rings. The third kappa shape index (κ3) is 3.05. The number of hydrogen-bond donors (Lipinski definition) is 0. The second kappa shape index (κ2) is 5.28. The van der Waals surface area contributed by atoms with Gasteiger partial charge in [-0.2, -0.15) is 0 Å². The lowest BCUT2D eigenvalue weighted by Gasteiger charge is -2.34. The van der Waals surface area contributed by atoms with E-state index in [9.17, 15) is 4.79 Å². The number of carbonyl (C=O) groups is 1. The average Bonchev–Trinajstić information content (AvgIpc) is 2.68. The van der Waals surface area contributed by atoms with Gasteiger partial charge in [0.15, 0.2) is 5.78 Å². The van der Waals surface area contributed by atoms with Crippen LogP contribution in [-0.4, -0.2) is 43.5 Å². The van der Waals surface area contributed by atoms with Crippen LogP contribution in [0.4, 0.5) is 0 Å².